The fraction of sp³-hybridized carbons (Fsp3) is 0.154. The van der Waals surface area contributed by atoms with Crippen LogP contribution < -0.4 is 11.1 Å². The molecule has 1 heterocycles. The van der Waals surface area contributed by atoms with Gasteiger partial charge in [0.2, 0.25) is 0 Å². The molecule has 3 nitrogen and oxygen atoms in total. The van der Waals surface area contributed by atoms with Crippen molar-refractivity contribution in [3.63, 3.8) is 0 Å². The number of hydrogen-bond donors (Lipinski definition) is 2. The molecule has 4 heteroatoms. The number of carbonyl (C=O) groups is 1. The van der Waals surface area contributed by atoms with Crippen molar-refractivity contribution >= 4 is 27.8 Å². The van der Waals surface area contributed by atoms with Gasteiger partial charge in [0.05, 0.1) is 15.6 Å². The first-order valence-electron chi connectivity index (χ1n) is 5.35. The Labute approximate surface area is 104 Å². The fourth-order valence-corrected chi connectivity index (χ4v) is 2.42. The summed E-state index contributed by atoms with van der Waals surface area (Å²) in [5, 5.41) is 4.19. The molecule has 1 aromatic heterocycles. The van der Waals surface area contributed by atoms with Crippen LogP contribution >= 0.6 is 11.3 Å². The molecule has 0 radical (unpaired) electrons. The molecule has 0 aliphatic heterocycles. The van der Waals surface area contributed by atoms with Crippen molar-refractivity contribution in [1.82, 2.24) is 0 Å². The first-order chi connectivity index (χ1) is 8.16. The molecule has 0 aliphatic rings. The quantitative estimate of drug-likeness (QED) is 0.815. The third kappa shape index (κ3) is 2.85. The Morgan fingerprint density at radius 1 is 1.35 bits per heavy atom. The summed E-state index contributed by atoms with van der Waals surface area (Å²) in [5.41, 5.74) is 7.51. The Hall–Kier alpha value is -1.81. The van der Waals surface area contributed by atoms with E-state index in [-0.39, 0.29) is 5.78 Å². The molecule has 3 N–H and O–H groups in total. The number of nitrogens with one attached hydrogen (secondary N) is 1. The van der Waals surface area contributed by atoms with Gasteiger partial charge < -0.3 is 11.1 Å². The van der Waals surface area contributed by atoms with Crippen LogP contribution in [0.1, 0.15) is 22.2 Å². The number of anilines is 2. The van der Waals surface area contributed by atoms with Crippen LogP contribution in [0.5, 0.6) is 0 Å². The maximum Gasteiger partial charge on any atom is 0.171 e. The highest BCUT2D eigenvalue weighted by Gasteiger charge is 2.09. The van der Waals surface area contributed by atoms with Gasteiger partial charge in [0.25, 0.3) is 0 Å². The maximum absolute atomic E-state index is 11.3. The Morgan fingerprint density at radius 2 is 2.06 bits per heavy atom. The molecule has 0 atom stereocenters. The average Bonchev–Trinajstić information content (AvgIpc) is 2.69. The minimum atomic E-state index is 0.0141. The molecule has 0 bridgehead atoms. The lowest BCUT2D eigenvalue weighted by Gasteiger charge is -2.02. The van der Waals surface area contributed by atoms with E-state index in [4.69, 9.17) is 5.73 Å². The minimum absolute atomic E-state index is 0.0141. The number of benzene rings is 1. The van der Waals surface area contributed by atoms with E-state index in [1.165, 1.54) is 23.8 Å². The number of hydrogen-bond acceptors (Lipinski definition) is 4. The lowest BCUT2D eigenvalue weighted by Crippen LogP contribution is -1.96. The summed E-state index contributed by atoms with van der Waals surface area (Å²) < 4.78 is 0. The van der Waals surface area contributed by atoms with Crippen molar-refractivity contribution in [2.24, 2.45) is 0 Å². The van der Waals surface area contributed by atoms with Gasteiger partial charge in [0.15, 0.2) is 5.78 Å². The van der Waals surface area contributed by atoms with Crippen LogP contribution in [0.15, 0.2) is 36.4 Å². The van der Waals surface area contributed by atoms with Gasteiger partial charge in [-0.05, 0) is 11.6 Å². The zero-order valence-electron chi connectivity index (χ0n) is 9.57. The Kier molecular flexibility index (Phi) is 3.44. The van der Waals surface area contributed by atoms with Crippen LogP contribution in [0.4, 0.5) is 10.7 Å². The SMILES string of the molecule is CC(=O)c1sc(NCc2ccccc2)cc1N. The molecule has 0 fully saturated rings. The van der Waals surface area contributed by atoms with Crippen LogP contribution in [-0.4, -0.2) is 5.78 Å². The number of thiophene rings is 1. The van der Waals surface area contributed by atoms with Gasteiger partial charge in [-0.1, -0.05) is 30.3 Å². The third-order valence-corrected chi connectivity index (χ3v) is 3.60. The number of ketones is 1. The highest BCUT2D eigenvalue weighted by molar-refractivity contribution is 7.18. The summed E-state index contributed by atoms with van der Waals surface area (Å²) >= 11 is 1.40. The first-order valence-corrected chi connectivity index (χ1v) is 6.16. The van der Waals surface area contributed by atoms with E-state index < -0.39 is 0 Å². The number of nitrogen functional groups attached to an aromatic ring is 1. The van der Waals surface area contributed by atoms with E-state index in [0.717, 1.165) is 11.5 Å². The number of Topliss-reactive ketones (excluding diaryl/α,β-unsaturated/α-hetero) is 1. The zero-order chi connectivity index (χ0) is 12.3. The molecule has 0 spiro atoms. The van der Waals surface area contributed by atoms with Crippen molar-refractivity contribution in [2.45, 2.75) is 13.5 Å². The molecule has 2 rings (SSSR count). The Balaban J connectivity index is 2.05. The van der Waals surface area contributed by atoms with E-state index in [2.05, 4.69) is 17.4 Å². The largest absolute Gasteiger partial charge is 0.397 e. The summed E-state index contributed by atoms with van der Waals surface area (Å²) in [7, 11) is 0. The summed E-state index contributed by atoms with van der Waals surface area (Å²) in [4.78, 5) is 11.9. The monoisotopic (exact) mass is 246 g/mol. The number of rotatable bonds is 4. The van der Waals surface area contributed by atoms with Crippen molar-refractivity contribution in [3.8, 4) is 0 Å². The standard InChI is InChI=1S/C13H14N2OS/c1-9(16)13-11(14)7-12(17-13)15-8-10-5-3-2-4-6-10/h2-7,15H,8,14H2,1H3. The molecule has 88 valence electrons. The third-order valence-electron chi connectivity index (χ3n) is 2.39. The van der Waals surface area contributed by atoms with Crippen LogP contribution in [-0.2, 0) is 6.54 Å². The lowest BCUT2D eigenvalue weighted by atomic mass is 10.2. The highest BCUT2D eigenvalue weighted by Crippen LogP contribution is 2.29. The van der Waals surface area contributed by atoms with Crippen LogP contribution in [0.3, 0.4) is 0 Å². The smallest absolute Gasteiger partial charge is 0.171 e. The highest BCUT2D eigenvalue weighted by atomic mass is 32.1. The molecule has 2 aromatic rings. The first kappa shape index (κ1) is 11.7. The predicted molar refractivity (Wildman–Crippen MR) is 72.5 cm³/mol. The second-order valence-electron chi connectivity index (χ2n) is 3.79. The van der Waals surface area contributed by atoms with Crippen molar-refractivity contribution in [3.05, 3.63) is 46.8 Å². The second-order valence-corrected chi connectivity index (χ2v) is 4.84. The predicted octanol–water partition coefficient (Wildman–Crippen LogP) is 3.15. The van der Waals surface area contributed by atoms with Gasteiger partial charge in [-0.25, -0.2) is 0 Å². The van der Waals surface area contributed by atoms with E-state index in [9.17, 15) is 4.79 Å². The van der Waals surface area contributed by atoms with E-state index in [1.54, 1.807) is 0 Å². The summed E-state index contributed by atoms with van der Waals surface area (Å²) in [5.74, 6) is 0.0141. The summed E-state index contributed by atoms with van der Waals surface area (Å²) in [6, 6.07) is 11.9. The van der Waals surface area contributed by atoms with Gasteiger partial charge in [-0.3, -0.25) is 4.79 Å². The van der Waals surface area contributed by atoms with Crippen molar-refractivity contribution < 1.29 is 4.79 Å². The van der Waals surface area contributed by atoms with Crippen LogP contribution in [0.2, 0.25) is 0 Å². The Bertz CT molecular complexity index is 519. The molecule has 1 aromatic carbocycles. The van der Waals surface area contributed by atoms with Gasteiger partial charge >= 0.3 is 0 Å². The molecule has 0 saturated heterocycles. The van der Waals surface area contributed by atoms with E-state index in [1.807, 2.05) is 24.3 Å². The molecule has 0 saturated carbocycles. The summed E-state index contributed by atoms with van der Waals surface area (Å²) in [6.07, 6.45) is 0. The van der Waals surface area contributed by atoms with E-state index in [0.29, 0.717) is 10.6 Å². The van der Waals surface area contributed by atoms with Crippen LogP contribution in [0, 0.1) is 0 Å². The van der Waals surface area contributed by atoms with Crippen molar-refractivity contribution in [2.75, 3.05) is 11.1 Å². The molecule has 0 aliphatic carbocycles. The van der Waals surface area contributed by atoms with Gasteiger partial charge in [-0.15, -0.1) is 11.3 Å². The van der Waals surface area contributed by atoms with Crippen molar-refractivity contribution in [1.29, 1.82) is 0 Å². The molecule has 17 heavy (non-hydrogen) atoms. The Morgan fingerprint density at radius 3 is 2.65 bits per heavy atom. The second kappa shape index (κ2) is 5.01. The summed E-state index contributed by atoms with van der Waals surface area (Å²) in [6.45, 7) is 2.27. The molecular weight excluding hydrogens is 232 g/mol. The maximum atomic E-state index is 11.3. The van der Waals surface area contributed by atoms with Crippen LogP contribution in [0.25, 0.3) is 0 Å². The van der Waals surface area contributed by atoms with Gasteiger partial charge in [0, 0.05) is 13.5 Å². The molecular formula is C13H14N2OS. The fourth-order valence-electron chi connectivity index (χ4n) is 1.55. The van der Waals surface area contributed by atoms with Gasteiger partial charge in [0.1, 0.15) is 0 Å². The van der Waals surface area contributed by atoms with E-state index >= 15 is 0 Å². The lowest BCUT2D eigenvalue weighted by molar-refractivity contribution is 0.102. The minimum Gasteiger partial charge on any atom is -0.397 e. The number of carbonyl (C=O) groups excluding carboxylic acids is 1. The topological polar surface area (TPSA) is 55.1 Å². The molecule has 0 amide bonds. The van der Waals surface area contributed by atoms with Gasteiger partial charge in [-0.2, -0.15) is 0 Å². The average molecular weight is 246 g/mol. The normalized spacial score (nSPS) is 10.2. The number of nitrogens with two attached hydrogens (primary N) is 1. The molecule has 0 unspecified atom stereocenters. The zero-order valence-corrected chi connectivity index (χ0v) is 10.4.